The highest BCUT2D eigenvalue weighted by atomic mass is 35.5. The predicted molar refractivity (Wildman–Crippen MR) is 65.9 cm³/mol. The van der Waals surface area contributed by atoms with E-state index in [1.807, 2.05) is 0 Å². The summed E-state index contributed by atoms with van der Waals surface area (Å²) in [6, 6.07) is 2.64. The van der Waals surface area contributed by atoms with Gasteiger partial charge in [0.1, 0.15) is 5.88 Å². The summed E-state index contributed by atoms with van der Waals surface area (Å²) < 4.78 is 10.0. The number of alkyl halides is 1. The highest BCUT2D eigenvalue weighted by molar-refractivity contribution is 6.29. The van der Waals surface area contributed by atoms with Gasteiger partial charge in [0.05, 0.1) is 25.5 Å². The van der Waals surface area contributed by atoms with Crippen molar-refractivity contribution in [2.45, 2.75) is 0 Å². The van der Waals surface area contributed by atoms with Crippen molar-refractivity contribution in [3.8, 4) is 11.5 Å². The number of hydrogen-bond acceptors (Lipinski definition) is 4. The van der Waals surface area contributed by atoms with E-state index in [0.29, 0.717) is 5.75 Å². The van der Waals surface area contributed by atoms with Crippen molar-refractivity contribution in [1.82, 2.24) is 0 Å². The fourth-order valence-corrected chi connectivity index (χ4v) is 1.41. The predicted octanol–water partition coefficient (Wildman–Crippen LogP) is 1.58. The molecular formula is C11H12ClNO5. The molecule has 0 radical (unpaired) electrons. The number of aromatic carboxylic acids is 1. The zero-order valence-electron chi connectivity index (χ0n) is 9.82. The Balaban J connectivity index is 3.28. The molecule has 0 aliphatic heterocycles. The highest BCUT2D eigenvalue weighted by Gasteiger charge is 2.17. The lowest BCUT2D eigenvalue weighted by atomic mass is 10.1. The Labute approximate surface area is 108 Å². The molecule has 0 aromatic heterocycles. The SMILES string of the molecule is COc1cc(NC(=O)CCl)c(C(=O)O)cc1OC. The average molecular weight is 274 g/mol. The van der Waals surface area contributed by atoms with Gasteiger partial charge in [-0.3, -0.25) is 4.79 Å². The Hall–Kier alpha value is -1.95. The molecule has 1 amide bonds. The highest BCUT2D eigenvalue weighted by Crippen LogP contribution is 2.33. The zero-order chi connectivity index (χ0) is 13.7. The van der Waals surface area contributed by atoms with Crippen molar-refractivity contribution in [2.75, 3.05) is 25.4 Å². The van der Waals surface area contributed by atoms with Crippen molar-refractivity contribution in [3.05, 3.63) is 17.7 Å². The van der Waals surface area contributed by atoms with Crippen LogP contribution in [0.15, 0.2) is 12.1 Å². The summed E-state index contributed by atoms with van der Waals surface area (Å²) in [7, 11) is 2.80. The third kappa shape index (κ3) is 3.04. The number of methoxy groups -OCH3 is 2. The van der Waals surface area contributed by atoms with Crippen molar-refractivity contribution < 1.29 is 24.2 Å². The van der Waals surface area contributed by atoms with Crippen LogP contribution in [0, 0.1) is 0 Å². The summed E-state index contributed by atoms with van der Waals surface area (Å²) in [5.41, 5.74) is -0.00285. The van der Waals surface area contributed by atoms with E-state index in [-0.39, 0.29) is 22.9 Å². The van der Waals surface area contributed by atoms with Gasteiger partial charge in [0.25, 0.3) is 0 Å². The first kappa shape index (κ1) is 14.1. The third-order valence-corrected chi connectivity index (χ3v) is 2.39. The second-order valence-electron chi connectivity index (χ2n) is 3.24. The van der Waals surface area contributed by atoms with Crippen LogP contribution in [0.5, 0.6) is 11.5 Å². The molecule has 0 bridgehead atoms. The van der Waals surface area contributed by atoms with Crippen molar-refractivity contribution in [3.63, 3.8) is 0 Å². The normalized spacial score (nSPS) is 9.72. The topological polar surface area (TPSA) is 84.9 Å². The zero-order valence-corrected chi connectivity index (χ0v) is 10.6. The Kier molecular flexibility index (Phi) is 4.79. The van der Waals surface area contributed by atoms with Gasteiger partial charge in [0.15, 0.2) is 11.5 Å². The second kappa shape index (κ2) is 6.11. The number of carboxylic acid groups (broad SMARTS) is 1. The van der Waals surface area contributed by atoms with E-state index in [1.54, 1.807) is 0 Å². The maximum Gasteiger partial charge on any atom is 0.337 e. The fraction of sp³-hybridized carbons (Fsp3) is 0.273. The maximum absolute atomic E-state index is 11.2. The molecular weight excluding hydrogens is 262 g/mol. The molecule has 1 rings (SSSR count). The van der Waals surface area contributed by atoms with Gasteiger partial charge in [-0.25, -0.2) is 4.79 Å². The van der Waals surface area contributed by atoms with Gasteiger partial charge < -0.3 is 19.9 Å². The molecule has 0 saturated heterocycles. The average Bonchev–Trinajstić information content (AvgIpc) is 2.37. The lowest BCUT2D eigenvalue weighted by Crippen LogP contribution is -2.15. The molecule has 7 heteroatoms. The number of amides is 1. The quantitative estimate of drug-likeness (QED) is 0.796. The minimum atomic E-state index is -1.19. The Bertz CT molecular complexity index is 475. The number of carbonyl (C=O) groups is 2. The van der Waals surface area contributed by atoms with E-state index in [1.165, 1.54) is 26.4 Å². The van der Waals surface area contributed by atoms with Gasteiger partial charge in [0.2, 0.25) is 5.91 Å². The molecule has 0 aliphatic rings. The molecule has 0 spiro atoms. The van der Waals surface area contributed by atoms with Crippen LogP contribution in [0.4, 0.5) is 5.69 Å². The first-order valence-electron chi connectivity index (χ1n) is 4.88. The van der Waals surface area contributed by atoms with E-state index in [0.717, 1.165) is 0 Å². The van der Waals surface area contributed by atoms with E-state index >= 15 is 0 Å². The minimum Gasteiger partial charge on any atom is -0.493 e. The Morgan fingerprint density at radius 2 is 1.83 bits per heavy atom. The molecule has 1 aromatic rings. The second-order valence-corrected chi connectivity index (χ2v) is 3.51. The Morgan fingerprint density at radius 1 is 1.28 bits per heavy atom. The molecule has 1 aromatic carbocycles. The lowest BCUT2D eigenvalue weighted by molar-refractivity contribution is -0.113. The summed E-state index contributed by atoms with van der Waals surface area (Å²) in [6.45, 7) is 0. The summed E-state index contributed by atoms with van der Waals surface area (Å²) >= 11 is 5.35. The number of anilines is 1. The van der Waals surface area contributed by atoms with Gasteiger partial charge in [0, 0.05) is 12.1 Å². The van der Waals surface area contributed by atoms with Gasteiger partial charge in [-0.05, 0) is 0 Å². The van der Waals surface area contributed by atoms with Crippen LogP contribution in [0.3, 0.4) is 0 Å². The monoisotopic (exact) mass is 273 g/mol. The van der Waals surface area contributed by atoms with Crippen LogP contribution in [-0.4, -0.2) is 37.1 Å². The molecule has 0 saturated carbocycles. The third-order valence-electron chi connectivity index (χ3n) is 2.15. The molecule has 2 N–H and O–H groups in total. The van der Waals surface area contributed by atoms with Crippen molar-refractivity contribution in [2.24, 2.45) is 0 Å². The van der Waals surface area contributed by atoms with Gasteiger partial charge in [-0.2, -0.15) is 0 Å². The molecule has 0 aliphatic carbocycles. The number of carbonyl (C=O) groups excluding carboxylic acids is 1. The lowest BCUT2D eigenvalue weighted by Gasteiger charge is -2.13. The smallest absolute Gasteiger partial charge is 0.337 e. The minimum absolute atomic E-state index is 0.103. The number of rotatable bonds is 5. The molecule has 0 atom stereocenters. The number of halogens is 1. The number of carboxylic acids is 1. The van der Waals surface area contributed by atoms with Crippen LogP contribution in [-0.2, 0) is 4.79 Å². The first-order valence-corrected chi connectivity index (χ1v) is 5.42. The number of nitrogens with one attached hydrogen (secondary N) is 1. The summed E-state index contributed by atoms with van der Waals surface area (Å²) in [5.74, 6) is -1.40. The van der Waals surface area contributed by atoms with E-state index in [2.05, 4.69) is 5.32 Å². The largest absolute Gasteiger partial charge is 0.493 e. The van der Waals surface area contributed by atoms with E-state index < -0.39 is 11.9 Å². The molecule has 0 fully saturated rings. The maximum atomic E-state index is 11.2. The van der Waals surface area contributed by atoms with E-state index in [9.17, 15) is 9.59 Å². The van der Waals surface area contributed by atoms with E-state index in [4.69, 9.17) is 26.2 Å². The van der Waals surface area contributed by atoms with Crippen LogP contribution in [0.25, 0.3) is 0 Å². The van der Waals surface area contributed by atoms with Gasteiger partial charge in [-0.1, -0.05) is 0 Å². The number of ether oxygens (including phenoxy) is 2. The molecule has 0 unspecified atom stereocenters. The number of benzene rings is 1. The van der Waals surface area contributed by atoms with Crippen molar-refractivity contribution in [1.29, 1.82) is 0 Å². The van der Waals surface area contributed by atoms with Gasteiger partial charge >= 0.3 is 5.97 Å². The Morgan fingerprint density at radius 3 is 2.28 bits per heavy atom. The van der Waals surface area contributed by atoms with Crippen LogP contribution >= 0.6 is 11.6 Å². The molecule has 18 heavy (non-hydrogen) atoms. The van der Waals surface area contributed by atoms with Crippen LogP contribution < -0.4 is 14.8 Å². The number of hydrogen-bond donors (Lipinski definition) is 2. The molecule has 6 nitrogen and oxygen atoms in total. The van der Waals surface area contributed by atoms with Crippen molar-refractivity contribution >= 4 is 29.2 Å². The first-order chi connectivity index (χ1) is 8.53. The standard InChI is InChI=1S/C11H12ClNO5/c1-17-8-3-6(11(15)16)7(4-9(8)18-2)13-10(14)5-12/h3-4H,5H2,1-2H3,(H,13,14)(H,15,16). The summed E-state index contributed by atoms with van der Waals surface area (Å²) in [5, 5.41) is 11.4. The summed E-state index contributed by atoms with van der Waals surface area (Å²) in [6.07, 6.45) is 0. The van der Waals surface area contributed by atoms with Gasteiger partial charge in [-0.15, -0.1) is 11.6 Å². The van der Waals surface area contributed by atoms with Crippen LogP contribution in [0.1, 0.15) is 10.4 Å². The van der Waals surface area contributed by atoms with Crippen LogP contribution in [0.2, 0.25) is 0 Å². The molecule has 0 heterocycles. The fourth-order valence-electron chi connectivity index (χ4n) is 1.34. The molecule has 98 valence electrons. The summed E-state index contributed by atoms with van der Waals surface area (Å²) in [4.78, 5) is 22.3.